The summed E-state index contributed by atoms with van der Waals surface area (Å²) in [7, 11) is 0. The van der Waals surface area contributed by atoms with Crippen molar-refractivity contribution in [1.82, 2.24) is 0 Å². The van der Waals surface area contributed by atoms with Crippen LogP contribution in [0.5, 0.6) is 0 Å². The maximum Gasteiger partial charge on any atom is 0.0433 e. The number of hydrogen-bond acceptors (Lipinski definition) is 3. The Morgan fingerprint density at radius 3 is 0.522 bits per heavy atom. The molecule has 0 bridgehead atoms. The molecule has 0 fully saturated rings. The molecule has 336 valence electrons. The van der Waals surface area contributed by atoms with Crippen molar-refractivity contribution in [3.8, 4) is 33.4 Å². The highest BCUT2D eigenvalue weighted by Gasteiger charge is 2.15. The van der Waals surface area contributed by atoms with Gasteiger partial charge in [-0.15, -0.1) is 0 Å². The van der Waals surface area contributed by atoms with E-state index in [9.17, 15) is 0 Å². The summed E-state index contributed by atoms with van der Waals surface area (Å²) >= 11 is 0. The van der Waals surface area contributed by atoms with Crippen molar-refractivity contribution in [1.29, 1.82) is 0 Å². The topological polar surface area (TPSA) is 9.72 Å². The van der Waals surface area contributed by atoms with Crippen LogP contribution in [-0.4, -0.2) is 0 Å². The van der Waals surface area contributed by atoms with Gasteiger partial charge in [0.05, 0.1) is 0 Å². The summed E-state index contributed by atoms with van der Waals surface area (Å²) in [5.74, 6) is 0. The summed E-state index contributed by atoms with van der Waals surface area (Å²) in [4.78, 5) is 7.41. The van der Waals surface area contributed by atoms with Crippen LogP contribution in [0.2, 0.25) is 0 Å². The van der Waals surface area contributed by atoms with E-state index in [1.807, 2.05) is 0 Å². The lowest BCUT2D eigenvalue weighted by Gasteiger charge is -2.26. The molecule has 0 aliphatic carbocycles. The molecule has 0 aromatic heterocycles. The maximum absolute atomic E-state index is 2.47. The van der Waals surface area contributed by atoms with E-state index in [1.165, 1.54) is 83.8 Å². The van der Waals surface area contributed by atoms with Crippen molar-refractivity contribution in [3.63, 3.8) is 0 Å². The monoisotopic (exact) mass is 891 g/mol. The fourth-order valence-electron chi connectivity index (χ4n) is 9.26. The van der Waals surface area contributed by atoms with Crippen LogP contribution in [0, 0.1) is 0 Å². The summed E-state index contributed by atoms with van der Waals surface area (Å²) < 4.78 is 0. The first-order valence-electron chi connectivity index (χ1n) is 24.1. The van der Waals surface area contributed by atoms with Crippen molar-refractivity contribution >= 4 is 17.1 Å². The van der Waals surface area contributed by atoms with Crippen LogP contribution in [0.4, 0.5) is 17.1 Å². The molecule has 0 aliphatic rings. The van der Waals surface area contributed by atoms with Gasteiger partial charge in [-0.05, 0) is 121 Å². The SMILES string of the molecule is c1ccc(CN(Cc2ccccc2)c2ccc(-c3cc(-c4ccc(N(Cc5ccccc5)Cc5ccccc5)cc4)cc(-c4ccc(N(Cc5ccccc5)Cc5ccccc5)cc4)c3)cc2)cc1. The average Bonchev–Trinajstić information content (AvgIpc) is 3.42. The Morgan fingerprint density at radius 1 is 0.174 bits per heavy atom. The minimum atomic E-state index is 0.822. The molecule has 0 atom stereocenters. The van der Waals surface area contributed by atoms with Crippen LogP contribution < -0.4 is 14.7 Å². The van der Waals surface area contributed by atoms with E-state index >= 15 is 0 Å². The Balaban J connectivity index is 0.998. The fraction of sp³-hybridized carbons (Fsp3) is 0.0909. The van der Waals surface area contributed by atoms with Crippen LogP contribution in [0.15, 0.2) is 273 Å². The molecule has 0 spiro atoms. The molecule has 0 N–H and O–H groups in total. The summed E-state index contributed by atoms with van der Waals surface area (Å²) in [5, 5.41) is 0. The molecule has 0 amide bonds. The van der Waals surface area contributed by atoms with E-state index < -0.39 is 0 Å². The average molecular weight is 892 g/mol. The van der Waals surface area contributed by atoms with E-state index in [-0.39, 0.29) is 0 Å². The smallest absolute Gasteiger partial charge is 0.0433 e. The van der Waals surface area contributed by atoms with Crippen LogP contribution in [0.3, 0.4) is 0 Å². The summed E-state index contributed by atoms with van der Waals surface area (Å²) in [5.41, 5.74) is 18.4. The Hall–Kier alpha value is -8.40. The molecule has 69 heavy (non-hydrogen) atoms. The zero-order chi connectivity index (χ0) is 46.5. The second-order valence-electron chi connectivity index (χ2n) is 17.9. The van der Waals surface area contributed by atoms with Crippen LogP contribution >= 0.6 is 0 Å². The first-order chi connectivity index (χ1) is 34.1. The van der Waals surface area contributed by atoms with Gasteiger partial charge < -0.3 is 14.7 Å². The van der Waals surface area contributed by atoms with E-state index in [0.29, 0.717) is 0 Å². The van der Waals surface area contributed by atoms with E-state index in [1.54, 1.807) is 0 Å². The number of anilines is 3. The molecular formula is C66H57N3. The quantitative estimate of drug-likeness (QED) is 0.0850. The highest BCUT2D eigenvalue weighted by molar-refractivity contribution is 5.82. The zero-order valence-electron chi connectivity index (χ0n) is 39.1. The lowest BCUT2D eigenvalue weighted by atomic mass is 9.93. The zero-order valence-corrected chi connectivity index (χ0v) is 39.1. The third kappa shape index (κ3) is 11.8. The normalized spacial score (nSPS) is 11.0. The Bertz CT molecular complexity index is 2630. The highest BCUT2D eigenvalue weighted by atomic mass is 15.1. The second kappa shape index (κ2) is 21.9. The maximum atomic E-state index is 2.47. The predicted octanol–water partition coefficient (Wildman–Crippen LogP) is 16.3. The Morgan fingerprint density at radius 2 is 0.348 bits per heavy atom. The molecule has 10 aromatic carbocycles. The lowest BCUT2D eigenvalue weighted by molar-refractivity contribution is 0.800. The van der Waals surface area contributed by atoms with Gasteiger partial charge in [0.25, 0.3) is 0 Å². The molecular weight excluding hydrogens is 835 g/mol. The van der Waals surface area contributed by atoms with Gasteiger partial charge >= 0.3 is 0 Å². The van der Waals surface area contributed by atoms with Gasteiger partial charge in [0, 0.05) is 56.3 Å². The summed E-state index contributed by atoms with van der Waals surface area (Å²) in [6.45, 7) is 4.93. The summed E-state index contributed by atoms with van der Waals surface area (Å²) in [6, 6.07) is 99.2. The van der Waals surface area contributed by atoms with Crippen molar-refractivity contribution in [2.24, 2.45) is 0 Å². The number of nitrogens with zero attached hydrogens (tertiary/aromatic N) is 3. The Labute approximate surface area is 408 Å². The van der Waals surface area contributed by atoms with Gasteiger partial charge in [-0.1, -0.05) is 218 Å². The second-order valence-corrected chi connectivity index (χ2v) is 17.9. The summed E-state index contributed by atoms with van der Waals surface area (Å²) in [6.07, 6.45) is 0. The van der Waals surface area contributed by atoms with E-state index in [4.69, 9.17) is 0 Å². The molecule has 0 unspecified atom stereocenters. The van der Waals surface area contributed by atoms with Gasteiger partial charge in [-0.3, -0.25) is 0 Å². The molecule has 0 saturated heterocycles. The molecule has 10 rings (SSSR count). The van der Waals surface area contributed by atoms with Gasteiger partial charge in [-0.2, -0.15) is 0 Å². The van der Waals surface area contributed by atoms with Gasteiger partial charge in [-0.25, -0.2) is 0 Å². The van der Waals surface area contributed by atoms with Crippen LogP contribution in [0.1, 0.15) is 33.4 Å². The van der Waals surface area contributed by atoms with E-state index in [2.05, 4.69) is 288 Å². The van der Waals surface area contributed by atoms with Crippen molar-refractivity contribution < 1.29 is 0 Å². The lowest BCUT2D eigenvalue weighted by Crippen LogP contribution is -2.22. The Kier molecular flexibility index (Phi) is 14.1. The third-order valence-electron chi connectivity index (χ3n) is 12.9. The van der Waals surface area contributed by atoms with Crippen LogP contribution in [-0.2, 0) is 39.3 Å². The third-order valence-corrected chi connectivity index (χ3v) is 12.9. The number of hydrogen-bond donors (Lipinski definition) is 0. The van der Waals surface area contributed by atoms with Crippen LogP contribution in [0.25, 0.3) is 33.4 Å². The molecule has 3 nitrogen and oxygen atoms in total. The minimum absolute atomic E-state index is 0.822. The molecule has 0 saturated carbocycles. The van der Waals surface area contributed by atoms with E-state index in [0.717, 1.165) is 39.3 Å². The molecule has 10 aromatic rings. The van der Waals surface area contributed by atoms with Gasteiger partial charge in [0.1, 0.15) is 0 Å². The number of rotatable bonds is 18. The van der Waals surface area contributed by atoms with Crippen molar-refractivity contribution in [2.45, 2.75) is 39.3 Å². The van der Waals surface area contributed by atoms with Gasteiger partial charge in [0.2, 0.25) is 0 Å². The minimum Gasteiger partial charge on any atom is -0.363 e. The van der Waals surface area contributed by atoms with Crippen molar-refractivity contribution in [3.05, 3.63) is 306 Å². The van der Waals surface area contributed by atoms with Crippen molar-refractivity contribution in [2.75, 3.05) is 14.7 Å². The first kappa shape index (κ1) is 44.4. The fourth-order valence-corrected chi connectivity index (χ4v) is 9.26. The molecule has 3 heteroatoms. The predicted molar refractivity (Wildman–Crippen MR) is 291 cm³/mol. The molecule has 0 radical (unpaired) electrons. The van der Waals surface area contributed by atoms with Gasteiger partial charge in [0.15, 0.2) is 0 Å². The molecule has 0 heterocycles. The number of benzene rings is 10. The molecule has 0 aliphatic heterocycles. The largest absolute Gasteiger partial charge is 0.363 e. The standard InChI is InChI=1S/C66H57N3/c1-7-19-52(20-8-1)46-67(47-53-21-9-2-10-22-53)64-37-31-58(32-38-64)61-43-62(59-33-39-65(40-34-59)68(48-54-23-11-3-12-24-54)49-55-25-13-4-14-26-55)45-63(44-61)60-35-41-66(42-36-60)69(50-56-27-15-5-16-28-56)51-57-29-17-6-18-30-57/h1-45H,46-51H2. The first-order valence-corrected chi connectivity index (χ1v) is 24.1. The highest BCUT2D eigenvalue weighted by Crippen LogP contribution is 2.36.